The number of rotatable bonds is 5. The van der Waals surface area contributed by atoms with E-state index in [0.717, 1.165) is 32.0 Å². The largest absolute Gasteiger partial charge is 0.337 e. The number of hydrogen-bond donors (Lipinski definition) is 1. The molecule has 2 atom stereocenters. The minimum absolute atomic E-state index is 0.150. The average Bonchev–Trinajstić information content (AvgIpc) is 3.09. The number of nitrogens with two attached hydrogens (primary N) is 1. The van der Waals surface area contributed by atoms with Crippen LogP contribution in [0.2, 0.25) is 0 Å². The fourth-order valence-corrected chi connectivity index (χ4v) is 2.79. The summed E-state index contributed by atoms with van der Waals surface area (Å²) in [6.45, 7) is 5.94. The summed E-state index contributed by atoms with van der Waals surface area (Å²) in [4.78, 5) is 16.8. The number of carbonyl (C=O) groups excluding carboxylic acids is 1. The maximum atomic E-state index is 12.3. The van der Waals surface area contributed by atoms with Crippen LogP contribution in [0.25, 0.3) is 0 Å². The predicted molar refractivity (Wildman–Crippen MR) is 73.2 cm³/mol. The summed E-state index contributed by atoms with van der Waals surface area (Å²) in [5.74, 6) is 0.372. The van der Waals surface area contributed by atoms with Gasteiger partial charge in [-0.25, -0.2) is 0 Å². The van der Waals surface area contributed by atoms with Gasteiger partial charge >= 0.3 is 0 Å². The summed E-state index contributed by atoms with van der Waals surface area (Å²) < 4.78 is 0. The van der Waals surface area contributed by atoms with E-state index >= 15 is 0 Å². The zero-order chi connectivity index (χ0) is 13.3. The molecule has 0 unspecified atom stereocenters. The number of nitrogens with zero attached hydrogens (tertiary/aromatic N) is 2. The highest BCUT2D eigenvalue weighted by Gasteiger charge is 2.35. The fourth-order valence-electron chi connectivity index (χ4n) is 2.79. The van der Waals surface area contributed by atoms with E-state index in [4.69, 9.17) is 5.73 Å². The van der Waals surface area contributed by atoms with Gasteiger partial charge in [-0.15, -0.1) is 0 Å². The lowest BCUT2D eigenvalue weighted by molar-refractivity contribution is -0.134. The molecule has 2 rings (SSSR count). The van der Waals surface area contributed by atoms with Gasteiger partial charge in [-0.1, -0.05) is 13.8 Å². The lowest BCUT2D eigenvalue weighted by Crippen LogP contribution is -2.50. The summed E-state index contributed by atoms with van der Waals surface area (Å²) in [6.07, 6.45) is 4.90. The van der Waals surface area contributed by atoms with E-state index in [1.165, 1.54) is 12.8 Å². The van der Waals surface area contributed by atoms with E-state index in [1.807, 2.05) is 18.7 Å². The fraction of sp³-hybridized carbons (Fsp3) is 0.929. The molecule has 1 amide bonds. The number of amides is 1. The Hall–Kier alpha value is -0.610. The molecular weight excluding hydrogens is 226 g/mol. The minimum Gasteiger partial charge on any atom is -0.337 e. The first-order valence-corrected chi connectivity index (χ1v) is 7.27. The number of hydrogen-bond acceptors (Lipinski definition) is 3. The number of likely N-dealkylation sites (N-methyl/N-ethyl adjacent to an activating group) is 1. The first-order chi connectivity index (χ1) is 8.50. The Morgan fingerprint density at radius 1 is 1.39 bits per heavy atom. The molecule has 0 aromatic heterocycles. The van der Waals surface area contributed by atoms with Crippen LogP contribution in [-0.4, -0.2) is 54.0 Å². The molecular formula is C14H27N3O. The Morgan fingerprint density at radius 3 is 2.61 bits per heavy atom. The van der Waals surface area contributed by atoms with Crippen molar-refractivity contribution in [3.8, 4) is 0 Å². The molecule has 0 aromatic rings. The lowest BCUT2D eigenvalue weighted by atomic mass is 10.0. The van der Waals surface area contributed by atoms with Crippen molar-refractivity contribution in [3.63, 3.8) is 0 Å². The smallest absolute Gasteiger partial charge is 0.240 e. The third-order valence-corrected chi connectivity index (χ3v) is 4.33. The standard InChI is InChI=1S/C14H27N3O/c1-10(2)13(15)14(18)17-8-4-5-12(17)9-16(3)11-6-7-11/h10-13H,4-9,15H2,1-3H3/t12-,13-/m0/s1. The average molecular weight is 253 g/mol. The first kappa shape index (κ1) is 13.8. The van der Waals surface area contributed by atoms with Crippen molar-refractivity contribution in [1.29, 1.82) is 0 Å². The molecule has 104 valence electrons. The Balaban J connectivity index is 1.91. The second-order valence-corrected chi connectivity index (χ2v) is 6.27. The van der Waals surface area contributed by atoms with Crippen molar-refractivity contribution in [2.45, 2.75) is 57.7 Å². The van der Waals surface area contributed by atoms with Gasteiger partial charge in [0.1, 0.15) is 0 Å². The first-order valence-electron chi connectivity index (χ1n) is 7.27. The Bertz CT molecular complexity index is 301. The predicted octanol–water partition coefficient (Wildman–Crippen LogP) is 1.05. The molecule has 0 bridgehead atoms. The summed E-state index contributed by atoms with van der Waals surface area (Å²) in [5, 5.41) is 0. The van der Waals surface area contributed by atoms with Crippen LogP contribution in [-0.2, 0) is 4.79 Å². The second kappa shape index (κ2) is 5.57. The zero-order valence-electron chi connectivity index (χ0n) is 11.9. The summed E-state index contributed by atoms with van der Waals surface area (Å²) >= 11 is 0. The third-order valence-electron chi connectivity index (χ3n) is 4.33. The van der Waals surface area contributed by atoms with Crippen molar-refractivity contribution >= 4 is 5.91 Å². The van der Waals surface area contributed by atoms with Crippen molar-refractivity contribution in [2.24, 2.45) is 11.7 Å². The summed E-state index contributed by atoms with van der Waals surface area (Å²) in [6, 6.07) is 0.811. The summed E-state index contributed by atoms with van der Waals surface area (Å²) in [5.41, 5.74) is 6.00. The molecule has 1 heterocycles. The van der Waals surface area contributed by atoms with Gasteiger partial charge in [0.2, 0.25) is 5.91 Å². The Labute approximate surface area is 110 Å². The van der Waals surface area contributed by atoms with Crippen molar-refractivity contribution in [3.05, 3.63) is 0 Å². The van der Waals surface area contributed by atoms with Crippen LogP contribution in [0, 0.1) is 5.92 Å². The van der Waals surface area contributed by atoms with Crippen LogP contribution in [0.4, 0.5) is 0 Å². The maximum Gasteiger partial charge on any atom is 0.240 e. The van der Waals surface area contributed by atoms with Crippen LogP contribution in [0.15, 0.2) is 0 Å². The molecule has 4 heteroatoms. The van der Waals surface area contributed by atoms with Crippen LogP contribution in [0.5, 0.6) is 0 Å². The van der Waals surface area contributed by atoms with Gasteiger partial charge in [-0.3, -0.25) is 4.79 Å². The highest BCUT2D eigenvalue weighted by atomic mass is 16.2. The topological polar surface area (TPSA) is 49.6 Å². The monoisotopic (exact) mass is 253 g/mol. The molecule has 2 N–H and O–H groups in total. The van der Waals surface area contributed by atoms with Gasteiger partial charge in [0.05, 0.1) is 6.04 Å². The van der Waals surface area contributed by atoms with Crippen LogP contribution in [0.3, 0.4) is 0 Å². The Morgan fingerprint density at radius 2 is 2.06 bits per heavy atom. The third kappa shape index (κ3) is 3.04. The second-order valence-electron chi connectivity index (χ2n) is 6.27. The molecule has 1 saturated carbocycles. The SMILES string of the molecule is CC(C)[C@H](N)C(=O)N1CCC[C@H]1CN(C)C1CC1. The highest BCUT2D eigenvalue weighted by molar-refractivity contribution is 5.82. The van der Waals surface area contributed by atoms with Crippen LogP contribution < -0.4 is 5.73 Å². The van der Waals surface area contributed by atoms with Crippen LogP contribution in [0.1, 0.15) is 39.5 Å². The lowest BCUT2D eigenvalue weighted by Gasteiger charge is -2.31. The molecule has 1 aliphatic carbocycles. The van der Waals surface area contributed by atoms with E-state index in [0.29, 0.717) is 6.04 Å². The molecule has 2 fully saturated rings. The molecule has 18 heavy (non-hydrogen) atoms. The van der Waals surface area contributed by atoms with Gasteiger partial charge in [-0.05, 0) is 38.6 Å². The van der Waals surface area contributed by atoms with E-state index < -0.39 is 0 Å². The van der Waals surface area contributed by atoms with Crippen LogP contribution >= 0.6 is 0 Å². The Kier molecular flexibility index (Phi) is 4.28. The van der Waals surface area contributed by atoms with Gasteiger partial charge in [0, 0.05) is 25.2 Å². The normalized spacial score (nSPS) is 26.1. The molecule has 1 aliphatic heterocycles. The van der Waals surface area contributed by atoms with E-state index in [1.54, 1.807) is 0 Å². The van der Waals surface area contributed by atoms with Crippen molar-refractivity contribution in [2.75, 3.05) is 20.1 Å². The molecule has 4 nitrogen and oxygen atoms in total. The van der Waals surface area contributed by atoms with Gasteiger partial charge in [0.25, 0.3) is 0 Å². The maximum absolute atomic E-state index is 12.3. The van der Waals surface area contributed by atoms with Gasteiger partial charge in [-0.2, -0.15) is 0 Å². The highest BCUT2D eigenvalue weighted by Crippen LogP contribution is 2.28. The van der Waals surface area contributed by atoms with Crippen molar-refractivity contribution in [1.82, 2.24) is 9.80 Å². The molecule has 2 aliphatic rings. The van der Waals surface area contributed by atoms with E-state index in [2.05, 4.69) is 11.9 Å². The summed E-state index contributed by atoms with van der Waals surface area (Å²) in [7, 11) is 2.18. The molecule has 0 radical (unpaired) electrons. The number of likely N-dealkylation sites (tertiary alicyclic amines) is 1. The van der Waals surface area contributed by atoms with E-state index in [-0.39, 0.29) is 17.9 Å². The van der Waals surface area contributed by atoms with Crippen molar-refractivity contribution < 1.29 is 4.79 Å². The minimum atomic E-state index is -0.336. The molecule has 0 spiro atoms. The molecule has 1 saturated heterocycles. The molecule has 0 aromatic carbocycles. The quantitative estimate of drug-likeness (QED) is 0.797. The van der Waals surface area contributed by atoms with Gasteiger partial charge < -0.3 is 15.5 Å². The zero-order valence-corrected chi connectivity index (χ0v) is 11.9. The van der Waals surface area contributed by atoms with E-state index in [9.17, 15) is 4.79 Å². The number of carbonyl (C=O) groups is 1. The van der Waals surface area contributed by atoms with Gasteiger partial charge in [0.15, 0.2) is 0 Å².